The maximum atomic E-state index is 12.9. The van der Waals surface area contributed by atoms with Crippen molar-refractivity contribution in [1.82, 2.24) is 0 Å². The van der Waals surface area contributed by atoms with E-state index in [0.717, 1.165) is 39.7 Å². The van der Waals surface area contributed by atoms with Gasteiger partial charge in [-0.25, -0.2) is 13.2 Å². The highest BCUT2D eigenvalue weighted by Gasteiger charge is 2.23. The standard InChI is InChI=1S/C12H14F2.C12H11FO/c1-4-9(2)10-5-7-11(8-6-10)12(3,13)14;1-7(2)12-8(3)10-5-4-9(13)6-11(10)14-12/h4-8H,1-3H3;4-6H,3H2,1-2H3/b9-4-;. The fraction of sp³-hybridized carbons (Fsp3) is 0.250. The maximum absolute atomic E-state index is 12.9. The molecule has 0 fully saturated rings. The first kappa shape index (κ1) is 21.5. The van der Waals surface area contributed by atoms with E-state index in [0.29, 0.717) is 5.58 Å². The molecule has 0 saturated heterocycles. The average Bonchev–Trinajstić information content (AvgIpc) is 2.97. The van der Waals surface area contributed by atoms with Crippen molar-refractivity contribution in [2.24, 2.45) is 0 Å². The van der Waals surface area contributed by atoms with Gasteiger partial charge in [-0.1, -0.05) is 36.9 Å². The van der Waals surface area contributed by atoms with Crippen LogP contribution in [0.1, 0.15) is 45.7 Å². The Balaban J connectivity index is 0.000000200. The summed E-state index contributed by atoms with van der Waals surface area (Å²) in [6.07, 6.45) is 1.96. The summed E-state index contributed by atoms with van der Waals surface area (Å²) in [5.41, 5.74) is 4.50. The second kappa shape index (κ2) is 8.51. The van der Waals surface area contributed by atoms with Crippen molar-refractivity contribution in [1.29, 1.82) is 0 Å². The van der Waals surface area contributed by atoms with Crippen molar-refractivity contribution in [3.8, 4) is 0 Å². The lowest BCUT2D eigenvalue weighted by atomic mass is 10.0. The summed E-state index contributed by atoms with van der Waals surface area (Å²) >= 11 is 0. The van der Waals surface area contributed by atoms with Crippen molar-refractivity contribution in [3.63, 3.8) is 0 Å². The molecule has 0 N–H and O–H groups in total. The van der Waals surface area contributed by atoms with E-state index < -0.39 is 5.92 Å². The van der Waals surface area contributed by atoms with Crippen LogP contribution in [-0.2, 0) is 5.92 Å². The van der Waals surface area contributed by atoms with E-state index in [9.17, 15) is 13.2 Å². The second-order valence-corrected chi connectivity index (χ2v) is 6.99. The SMILES string of the molecule is C/C=C(/C)c1ccc(C(C)(F)F)cc1.C=c1c(=C(C)C)oc2cc(F)ccc12. The molecule has 3 rings (SSSR count). The zero-order chi connectivity index (χ0) is 21.1. The first-order valence-electron chi connectivity index (χ1n) is 9.00. The normalized spacial score (nSPS) is 11.9. The largest absolute Gasteiger partial charge is 0.456 e. The van der Waals surface area contributed by atoms with Gasteiger partial charge in [0.05, 0.1) is 0 Å². The molecule has 3 aromatic rings. The number of hydrogen-bond acceptors (Lipinski definition) is 1. The molecule has 1 nitrogen and oxygen atoms in total. The lowest BCUT2D eigenvalue weighted by molar-refractivity contribution is 0.0175. The summed E-state index contributed by atoms with van der Waals surface area (Å²) in [7, 11) is 0. The molecular formula is C24H25F3O. The number of furan rings is 1. The number of hydrogen-bond donors (Lipinski definition) is 0. The summed E-state index contributed by atoms with van der Waals surface area (Å²) in [5.74, 6) is -3.03. The molecular weight excluding hydrogens is 361 g/mol. The van der Waals surface area contributed by atoms with Gasteiger partial charge in [-0.3, -0.25) is 0 Å². The van der Waals surface area contributed by atoms with Gasteiger partial charge < -0.3 is 4.42 Å². The van der Waals surface area contributed by atoms with E-state index in [1.54, 1.807) is 18.2 Å². The van der Waals surface area contributed by atoms with Gasteiger partial charge in [0.15, 0.2) is 0 Å². The topological polar surface area (TPSA) is 13.1 Å². The zero-order valence-corrected chi connectivity index (χ0v) is 16.9. The van der Waals surface area contributed by atoms with Gasteiger partial charge in [0.25, 0.3) is 5.92 Å². The highest BCUT2D eigenvalue weighted by atomic mass is 19.3. The third-order valence-corrected chi connectivity index (χ3v) is 4.49. The molecule has 0 bridgehead atoms. The average molecular weight is 386 g/mol. The third kappa shape index (κ3) is 4.94. The number of halogens is 3. The van der Waals surface area contributed by atoms with Gasteiger partial charge in [-0.15, -0.1) is 0 Å². The fourth-order valence-corrected chi connectivity index (χ4v) is 2.72. The molecule has 0 aliphatic carbocycles. The summed E-state index contributed by atoms with van der Waals surface area (Å²) in [4.78, 5) is 0. The Morgan fingerprint density at radius 2 is 1.64 bits per heavy atom. The van der Waals surface area contributed by atoms with E-state index in [4.69, 9.17) is 4.42 Å². The number of fused-ring (bicyclic) bond motifs is 1. The smallest absolute Gasteiger partial charge is 0.270 e. The van der Waals surface area contributed by atoms with Crippen LogP contribution in [0, 0.1) is 5.82 Å². The molecule has 1 heterocycles. The van der Waals surface area contributed by atoms with Crippen molar-refractivity contribution < 1.29 is 17.6 Å². The van der Waals surface area contributed by atoms with Crippen LogP contribution in [0.3, 0.4) is 0 Å². The summed E-state index contributed by atoms with van der Waals surface area (Å²) < 4.78 is 44.1. The Bertz CT molecular complexity index is 1090. The van der Waals surface area contributed by atoms with Gasteiger partial charge in [0, 0.05) is 29.2 Å². The molecule has 0 unspecified atom stereocenters. The van der Waals surface area contributed by atoms with Gasteiger partial charge in [0.2, 0.25) is 0 Å². The molecule has 148 valence electrons. The van der Waals surface area contributed by atoms with E-state index in [1.165, 1.54) is 24.3 Å². The molecule has 0 amide bonds. The van der Waals surface area contributed by atoms with Crippen LogP contribution in [0.4, 0.5) is 13.2 Å². The van der Waals surface area contributed by atoms with Crippen LogP contribution < -0.4 is 10.6 Å². The monoisotopic (exact) mass is 386 g/mol. The Morgan fingerprint density at radius 1 is 1.04 bits per heavy atom. The molecule has 0 radical (unpaired) electrons. The quantitative estimate of drug-likeness (QED) is 0.497. The lowest BCUT2D eigenvalue weighted by Gasteiger charge is -2.11. The summed E-state index contributed by atoms with van der Waals surface area (Å²) in [6.45, 7) is 12.6. The highest BCUT2D eigenvalue weighted by molar-refractivity contribution is 5.78. The molecule has 0 spiro atoms. The van der Waals surface area contributed by atoms with Crippen LogP contribution in [0.25, 0.3) is 28.7 Å². The number of benzene rings is 2. The van der Waals surface area contributed by atoms with Crippen molar-refractivity contribution in [2.45, 2.75) is 40.5 Å². The molecule has 0 saturated carbocycles. The van der Waals surface area contributed by atoms with Crippen LogP contribution in [0.2, 0.25) is 0 Å². The molecule has 28 heavy (non-hydrogen) atoms. The molecule has 0 aliphatic heterocycles. The summed E-state index contributed by atoms with van der Waals surface area (Å²) in [6, 6.07) is 10.9. The van der Waals surface area contributed by atoms with Gasteiger partial charge >= 0.3 is 0 Å². The fourth-order valence-electron chi connectivity index (χ4n) is 2.72. The minimum Gasteiger partial charge on any atom is -0.456 e. The van der Waals surface area contributed by atoms with Gasteiger partial charge in [-0.2, -0.15) is 0 Å². The predicted octanol–water partition coefficient (Wildman–Crippen LogP) is 6.39. The predicted molar refractivity (Wildman–Crippen MR) is 111 cm³/mol. The highest BCUT2D eigenvalue weighted by Crippen LogP contribution is 2.27. The zero-order valence-electron chi connectivity index (χ0n) is 16.9. The van der Waals surface area contributed by atoms with E-state index in [1.807, 2.05) is 33.8 Å². The van der Waals surface area contributed by atoms with Gasteiger partial charge in [-0.05, 0) is 56.5 Å². The van der Waals surface area contributed by atoms with Crippen molar-refractivity contribution in [2.75, 3.05) is 0 Å². The number of rotatable bonds is 2. The molecule has 0 atom stereocenters. The Labute approximate surface area is 163 Å². The first-order valence-corrected chi connectivity index (χ1v) is 9.00. The number of alkyl halides is 2. The van der Waals surface area contributed by atoms with E-state index in [2.05, 4.69) is 6.58 Å². The van der Waals surface area contributed by atoms with Crippen molar-refractivity contribution >= 4 is 28.7 Å². The minimum absolute atomic E-state index is 0.0603. The van der Waals surface area contributed by atoms with E-state index in [-0.39, 0.29) is 11.4 Å². The molecule has 0 aliphatic rings. The Kier molecular flexibility index (Phi) is 6.55. The minimum atomic E-state index is -2.75. The van der Waals surface area contributed by atoms with Gasteiger partial charge in [0.1, 0.15) is 16.8 Å². The molecule has 4 heteroatoms. The second-order valence-electron chi connectivity index (χ2n) is 6.99. The lowest BCUT2D eigenvalue weighted by Crippen LogP contribution is -2.19. The summed E-state index contributed by atoms with van der Waals surface area (Å²) in [5, 5.41) is 1.71. The molecule has 1 aromatic heterocycles. The van der Waals surface area contributed by atoms with Crippen LogP contribution >= 0.6 is 0 Å². The van der Waals surface area contributed by atoms with Crippen LogP contribution in [0.15, 0.2) is 53.0 Å². The number of allylic oxidation sites excluding steroid dienone is 2. The van der Waals surface area contributed by atoms with E-state index >= 15 is 0 Å². The Morgan fingerprint density at radius 3 is 2.14 bits per heavy atom. The van der Waals surface area contributed by atoms with Crippen LogP contribution in [0.5, 0.6) is 0 Å². The van der Waals surface area contributed by atoms with Crippen LogP contribution in [-0.4, -0.2) is 0 Å². The maximum Gasteiger partial charge on any atom is 0.270 e. The van der Waals surface area contributed by atoms with Crippen molar-refractivity contribution in [3.05, 3.63) is 76.1 Å². The first-order chi connectivity index (χ1) is 13.0. The third-order valence-electron chi connectivity index (χ3n) is 4.49. The molecule has 2 aromatic carbocycles. The Hall–Kier alpha value is -2.75.